The van der Waals surface area contributed by atoms with Crippen molar-refractivity contribution in [2.24, 2.45) is 7.05 Å². The van der Waals surface area contributed by atoms with Crippen molar-refractivity contribution in [3.63, 3.8) is 0 Å². The lowest BCUT2D eigenvalue weighted by atomic mass is 10.1. The topological polar surface area (TPSA) is 46.9 Å². The third-order valence-electron chi connectivity index (χ3n) is 3.64. The van der Waals surface area contributed by atoms with Gasteiger partial charge >= 0.3 is 0 Å². The second kappa shape index (κ2) is 5.53. The van der Waals surface area contributed by atoms with Crippen molar-refractivity contribution in [1.29, 1.82) is 0 Å². The third kappa shape index (κ3) is 2.62. The molecule has 0 spiro atoms. The molecule has 1 N–H and O–H groups in total. The Morgan fingerprint density at radius 1 is 1.36 bits per heavy atom. The highest BCUT2D eigenvalue weighted by molar-refractivity contribution is 7.20. The number of benzene rings is 1. The van der Waals surface area contributed by atoms with Crippen LogP contribution in [0.1, 0.15) is 33.9 Å². The molecule has 0 fully saturated rings. The van der Waals surface area contributed by atoms with E-state index in [1.54, 1.807) is 16.8 Å². The van der Waals surface area contributed by atoms with E-state index in [-0.39, 0.29) is 17.8 Å². The van der Waals surface area contributed by atoms with Crippen LogP contribution < -0.4 is 5.32 Å². The molecular formula is C16H16FN3OS. The van der Waals surface area contributed by atoms with Gasteiger partial charge < -0.3 is 5.32 Å². The Balaban J connectivity index is 1.80. The second-order valence-corrected chi connectivity index (χ2v) is 6.32. The van der Waals surface area contributed by atoms with E-state index >= 15 is 0 Å². The SMILES string of the molecule is Cc1nn(C)c2sc(C(=O)N[C@H](C)c3ccc(F)cc3)cc12. The van der Waals surface area contributed by atoms with E-state index in [9.17, 15) is 9.18 Å². The van der Waals surface area contributed by atoms with Gasteiger partial charge in [0.05, 0.1) is 16.6 Å². The summed E-state index contributed by atoms with van der Waals surface area (Å²) in [5.74, 6) is -0.410. The number of fused-ring (bicyclic) bond motifs is 1. The van der Waals surface area contributed by atoms with Gasteiger partial charge in [-0.25, -0.2) is 4.39 Å². The maximum atomic E-state index is 12.9. The normalized spacial score (nSPS) is 12.5. The molecule has 0 unspecified atom stereocenters. The largest absolute Gasteiger partial charge is 0.345 e. The Morgan fingerprint density at radius 3 is 2.68 bits per heavy atom. The Kier molecular flexibility index (Phi) is 3.70. The number of rotatable bonds is 3. The zero-order chi connectivity index (χ0) is 15.9. The summed E-state index contributed by atoms with van der Waals surface area (Å²) in [7, 11) is 1.87. The smallest absolute Gasteiger partial charge is 0.261 e. The number of hydrogen-bond donors (Lipinski definition) is 1. The highest BCUT2D eigenvalue weighted by atomic mass is 32.1. The fraction of sp³-hybridized carbons (Fsp3) is 0.250. The standard InChI is InChI=1S/C16H16FN3OS/c1-9(11-4-6-12(17)7-5-11)18-15(21)14-8-13-10(2)19-20(3)16(13)22-14/h4-9H,1-3H3,(H,18,21)/t9-/m1/s1. The monoisotopic (exact) mass is 317 g/mol. The number of thiophene rings is 1. The number of aryl methyl sites for hydroxylation is 2. The van der Waals surface area contributed by atoms with E-state index in [2.05, 4.69) is 10.4 Å². The predicted molar refractivity (Wildman–Crippen MR) is 85.6 cm³/mol. The summed E-state index contributed by atoms with van der Waals surface area (Å²) in [6, 6.07) is 7.84. The number of carbonyl (C=O) groups is 1. The quantitative estimate of drug-likeness (QED) is 0.802. The van der Waals surface area contributed by atoms with Gasteiger partial charge in [-0.2, -0.15) is 5.10 Å². The molecule has 114 valence electrons. The van der Waals surface area contributed by atoms with Crippen molar-refractivity contribution in [2.45, 2.75) is 19.9 Å². The van der Waals surface area contributed by atoms with Crippen LogP contribution in [0.5, 0.6) is 0 Å². The summed E-state index contributed by atoms with van der Waals surface area (Å²) in [6.07, 6.45) is 0. The summed E-state index contributed by atoms with van der Waals surface area (Å²) < 4.78 is 14.7. The van der Waals surface area contributed by atoms with Gasteiger partial charge in [0.15, 0.2) is 0 Å². The van der Waals surface area contributed by atoms with Gasteiger partial charge in [0.25, 0.3) is 5.91 Å². The first-order valence-electron chi connectivity index (χ1n) is 6.95. The summed E-state index contributed by atoms with van der Waals surface area (Å²) in [6.45, 7) is 3.81. The number of nitrogens with zero attached hydrogens (tertiary/aromatic N) is 2. The van der Waals surface area contributed by atoms with Gasteiger partial charge in [0.2, 0.25) is 0 Å². The Morgan fingerprint density at radius 2 is 2.05 bits per heavy atom. The van der Waals surface area contributed by atoms with E-state index in [0.29, 0.717) is 4.88 Å². The van der Waals surface area contributed by atoms with Gasteiger partial charge in [0.1, 0.15) is 10.6 Å². The number of aromatic nitrogens is 2. The summed E-state index contributed by atoms with van der Waals surface area (Å²) >= 11 is 1.42. The lowest BCUT2D eigenvalue weighted by molar-refractivity contribution is 0.0944. The first kappa shape index (κ1) is 14.7. The van der Waals surface area contributed by atoms with Gasteiger partial charge in [-0.05, 0) is 37.6 Å². The minimum atomic E-state index is -0.283. The van der Waals surface area contributed by atoms with Crippen LogP contribution in [-0.4, -0.2) is 15.7 Å². The molecule has 2 aromatic heterocycles. The van der Waals surface area contributed by atoms with Crippen LogP contribution in [0.4, 0.5) is 4.39 Å². The molecule has 0 radical (unpaired) electrons. The fourth-order valence-electron chi connectivity index (χ4n) is 2.42. The van der Waals surface area contributed by atoms with Crippen LogP contribution in [0.3, 0.4) is 0 Å². The first-order chi connectivity index (χ1) is 10.5. The van der Waals surface area contributed by atoms with E-state index in [4.69, 9.17) is 0 Å². The van der Waals surface area contributed by atoms with Crippen molar-refractivity contribution in [2.75, 3.05) is 0 Å². The number of carbonyl (C=O) groups excluding carboxylic acids is 1. The Bertz CT molecular complexity index is 801. The lowest BCUT2D eigenvalue weighted by Gasteiger charge is -2.13. The summed E-state index contributed by atoms with van der Waals surface area (Å²) in [5, 5.41) is 8.27. The van der Waals surface area contributed by atoms with Gasteiger partial charge in [-0.15, -0.1) is 11.3 Å². The molecule has 1 aromatic carbocycles. The molecule has 0 saturated heterocycles. The minimum Gasteiger partial charge on any atom is -0.345 e. The van der Waals surface area contributed by atoms with Crippen molar-refractivity contribution in [1.82, 2.24) is 15.1 Å². The highest BCUT2D eigenvalue weighted by Gasteiger charge is 2.17. The lowest BCUT2D eigenvalue weighted by Crippen LogP contribution is -2.25. The zero-order valence-corrected chi connectivity index (χ0v) is 13.4. The third-order valence-corrected chi connectivity index (χ3v) is 4.84. The molecule has 0 saturated carbocycles. The number of halogens is 1. The van der Waals surface area contributed by atoms with Gasteiger partial charge in [-0.3, -0.25) is 9.48 Å². The van der Waals surface area contributed by atoms with Crippen molar-refractivity contribution in [3.05, 3.63) is 52.3 Å². The van der Waals surface area contributed by atoms with Crippen molar-refractivity contribution in [3.8, 4) is 0 Å². The van der Waals surface area contributed by atoms with Crippen molar-refractivity contribution < 1.29 is 9.18 Å². The number of nitrogens with one attached hydrogen (secondary N) is 1. The molecule has 0 aliphatic carbocycles. The number of amides is 1. The number of hydrogen-bond acceptors (Lipinski definition) is 3. The fourth-order valence-corrected chi connectivity index (χ4v) is 3.45. The predicted octanol–water partition coefficient (Wildman–Crippen LogP) is 3.57. The molecule has 22 heavy (non-hydrogen) atoms. The molecule has 0 aliphatic rings. The van der Waals surface area contributed by atoms with E-state index < -0.39 is 0 Å². The molecular weight excluding hydrogens is 301 g/mol. The molecule has 0 bridgehead atoms. The average Bonchev–Trinajstić information content (AvgIpc) is 3.02. The maximum absolute atomic E-state index is 12.9. The Hall–Kier alpha value is -2.21. The second-order valence-electron chi connectivity index (χ2n) is 5.29. The molecule has 4 nitrogen and oxygen atoms in total. The minimum absolute atomic E-state index is 0.127. The van der Waals surface area contributed by atoms with Crippen LogP contribution in [0.15, 0.2) is 30.3 Å². The molecule has 1 amide bonds. The maximum Gasteiger partial charge on any atom is 0.261 e. The van der Waals surface area contributed by atoms with Crippen LogP contribution in [0, 0.1) is 12.7 Å². The molecule has 2 heterocycles. The summed E-state index contributed by atoms with van der Waals surface area (Å²) in [4.78, 5) is 14.0. The van der Waals surface area contributed by atoms with Crippen LogP contribution in [0.2, 0.25) is 0 Å². The molecule has 1 atom stereocenters. The van der Waals surface area contributed by atoms with E-state index in [0.717, 1.165) is 21.5 Å². The summed E-state index contributed by atoms with van der Waals surface area (Å²) in [5.41, 5.74) is 1.79. The van der Waals surface area contributed by atoms with Crippen LogP contribution in [-0.2, 0) is 7.05 Å². The van der Waals surface area contributed by atoms with Gasteiger partial charge in [0, 0.05) is 12.4 Å². The van der Waals surface area contributed by atoms with Crippen LogP contribution >= 0.6 is 11.3 Å². The molecule has 3 rings (SSSR count). The van der Waals surface area contributed by atoms with E-state index in [1.807, 2.05) is 27.0 Å². The molecule has 3 aromatic rings. The highest BCUT2D eigenvalue weighted by Crippen LogP contribution is 2.28. The van der Waals surface area contributed by atoms with Gasteiger partial charge in [-0.1, -0.05) is 12.1 Å². The molecule has 0 aliphatic heterocycles. The van der Waals surface area contributed by atoms with Crippen molar-refractivity contribution >= 4 is 27.5 Å². The average molecular weight is 317 g/mol. The zero-order valence-electron chi connectivity index (χ0n) is 12.6. The van der Waals surface area contributed by atoms with Crippen LogP contribution in [0.25, 0.3) is 10.2 Å². The molecule has 6 heteroatoms. The first-order valence-corrected chi connectivity index (χ1v) is 7.77. The van der Waals surface area contributed by atoms with E-state index in [1.165, 1.54) is 23.5 Å². The Labute approximate surface area is 131 Å².